The molecule has 0 amide bonds. The predicted octanol–water partition coefficient (Wildman–Crippen LogP) is 19.9. The van der Waals surface area contributed by atoms with E-state index in [4.69, 9.17) is 0 Å². The molecule has 0 spiro atoms. The third-order valence-corrected chi connectivity index (χ3v) is 16.5. The zero-order valence-electron chi connectivity index (χ0n) is 46.5. The van der Waals surface area contributed by atoms with E-state index in [0.717, 1.165) is 25.7 Å². The number of rotatable bonds is 50. The van der Waals surface area contributed by atoms with Gasteiger partial charge in [0.25, 0.3) is 0 Å². The SMILES string of the molecule is CCCCCCCCCCCCCCCCCCCCCCCCCc1ccccc1S(=O)(=O)[O-].CCCCCCCCCCCCCCCCCCCCCCCCCc1ccccc1S(=O)(=O)[O-].[Ca+2]. The van der Waals surface area contributed by atoms with E-state index in [2.05, 4.69) is 13.8 Å². The van der Waals surface area contributed by atoms with Crippen molar-refractivity contribution in [3.63, 3.8) is 0 Å². The summed E-state index contributed by atoms with van der Waals surface area (Å²) in [5.74, 6) is 0. The van der Waals surface area contributed by atoms with Gasteiger partial charge in [0.15, 0.2) is 0 Å². The molecule has 0 radical (unpaired) electrons. The van der Waals surface area contributed by atoms with Crippen LogP contribution >= 0.6 is 0 Å². The minimum Gasteiger partial charge on any atom is -0.744 e. The molecule has 0 aromatic heterocycles. The molecule has 0 N–H and O–H groups in total. The van der Waals surface area contributed by atoms with Gasteiger partial charge in [-0.1, -0.05) is 333 Å². The number of hydrogen-bond acceptors (Lipinski definition) is 6. The van der Waals surface area contributed by atoms with Gasteiger partial charge >= 0.3 is 37.7 Å². The van der Waals surface area contributed by atoms with Gasteiger partial charge in [-0.3, -0.25) is 0 Å². The standard InChI is InChI=1S/2C31H56O3S.Ca/c2*1-2-3-4-5-6-7-8-9-10-11-12-13-14-15-16-17-18-19-20-21-22-23-24-27-30-28-25-26-29-31(30)35(32,33)34;/h2*25-26,28-29H,2-24,27H2,1H3,(H,32,33,34);/q;;+2/p-2. The maximum Gasteiger partial charge on any atom is 2.00 e. The first kappa shape index (κ1) is 70.5. The third-order valence-electron chi connectivity index (χ3n) is 14.6. The molecule has 9 heteroatoms. The van der Waals surface area contributed by atoms with Crippen molar-refractivity contribution in [2.45, 2.75) is 332 Å². The van der Waals surface area contributed by atoms with Crippen LogP contribution < -0.4 is 0 Å². The van der Waals surface area contributed by atoms with Gasteiger partial charge in [0.1, 0.15) is 20.2 Å². The Morgan fingerprint density at radius 2 is 0.423 bits per heavy atom. The summed E-state index contributed by atoms with van der Waals surface area (Å²) in [6.07, 6.45) is 64.2. The molecule has 0 unspecified atom stereocenters. The first-order valence-electron chi connectivity index (χ1n) is 30.2. The quantitative estimate of drug-likeness (QED) is 0.0370. The predicted molar refractivity (Wildman–Crippen MR) is 306 cm³/mol. The van der Waals surface area contributed by atoms with Crippen molar-refractivity contribution in [3.05, 3.63) is 59.7 Å². The molecular formula is C62H110CaO6S2. The topological polar surface area (TPSA) is 114 Å². The fourth-order valence-electron chi connectivity index (χ4n) is 10.1. The molecule has 2 aromatic rings. The van der Waals surface area contributed by atoms with Crippen LogP contribution in [-0.4, -0.2) is 63.7 Å². The van der Waals surface area contributed by atoms with Crippen LogP contribution in [0.25, 0.3) is 0 Å². The van der Waals surface area contributed by atoms with Crippen molar-refractivity contribution in [2.75, 3.05) is 0 Å². The summed E-state index contributed by atoms with van der Waals surface area (Å²) in [5.41, 5.74) is 1.34. The van der Waals surface area contributed by atoms with Gasteiger partial charge < -0.3 is 9.11 Å². The molecule has 0 saturated heterocycles. The smallest absolute Gasteiger partial charge is 0.744 e. The van der Waals surface area contributed by atoms with E-state index in [0.29, 0.717) is 24.0 Å². The molecule has 2 rings (SSSR count). The van der Waals surface area contributed by atoms with Crippen molar-refractivity contribution in [2.24, 2.45) is 0 Å². The van der Waals surface area contributed by atoms with Gasteiger partial charge in [0, 0.05) is 0 Å². The van der Waals surface area contributed by atoms with Gasteiger partial charge in [-0.05, 0) is 48.9 Å². The van der Waals surface area contributed by atoms with E-state index >= 15 is 0 Å². The van der Waals surface area contributed by atoms with Crippen molar-refractivity contribution in [1.82, 2.24) is 0 Å². The average molecular weight is 1060 g/mol. The fraction of sp³-hybridized carbons (Fsp3) is 0.806. The Bertz CT molecular complexity index is 1530. The van der Waals surface area contributed by atoms with Gasteiger partial charge in [-0.25, -0.2) is 16.8 Å². The second-order valence-corrected chi connectivity index (χ2v) is 23.9. The average Bonchev–Trinajstić information content (AvgIpc) is 3.34. The van der Waals surface area contributed by atoms with Crippen LogP contribution in [0.2, 0.25) is 0 Å². The first-order chi connectivity index (χ1) is 34.1. The molecule has 0 bridgehead atoms. The minimum atomic E-state index is -4.36. The zero-order chi connectivity index (χ0) is 50.9. The molecule has 0 aliphatic rings. The maximum atomic E-state index is 11.3. The van der Waals surface area contributed by atoms with Crippen LogP contribution in [0, 0.1) is 0 Å². The Labute approximate surface area is 471 Å². The largest absolute Gasteiger partial charge is 2.00 e. The molecule has 2 aromatic carbocycles. The van der Waals surface area contributed by atoms with Gasteiger partial charge in [-0.2, -0.15) is 0 Å². The number of unbranched alkanes of at least 4 members (excludes halogenated alkanes) is 44. The normalized spacial score (nSPS) is 11.7. The molecule has 6 nitrogen and oxygen atoms in total. The summed E-state index contributed by atoms with van der Waals surface area (Å²) < 4.78 is 68.0. The van der Waals surface area contributed by atoms with E-state index in [1.165, 1.54) is 282 Å². The summed E-state index contributed by atoms with van der Waals surface area (Å²) in [7, 11) is -8.72. The second-order valence-electron chi connectivity index (χ2n) is 21.2. The van der Waals surface area contributed by atoms with Gasteiger partial charge in [-0.15, -0.1) is 0 Å². The van der Waals surface area contributed by atoms with Crippen molar-refractivity contribution in [1.29, 1.82) is 0 Å². The Morgan fingerprint density at radius 1 is 0.268 bits per heavy atom. The van der Waals surface area contributed by atoms with E-state index in [1.807, 2.05) is 12.1 Å². The van der Waals surface area contributed by atoms with Crippen LogP contribution in [0.5, 0.6) is 0 Å². The number of hydrogen-bond donors (Lipinski definition) is 0. The third kappa shape index (κ3) is 45.4. The molecule has 71 heavy (non-hydrogen) atoms. The van der Waals surface area contributed by atoms with Gasteiger partial charge in [0.05, 0.1) is 9.79 Å². The van der Waals surface area contributed by atoms with E-state index in [9.17, 15) is 25.9 Å². The van der Waals surface area contributed by atoms with E-state index < -0.39 is 20.2 Å². The minimum absolute atomic E-state index is 0. The van der Waals surface area contributed by atoms with Crippen molar-refractivity contribution in [3.8, 4) is 0 Å². The molecule has 0 atom stereocenters. The molecule has 0 fully saturated rings. The summed E-state index contributed by atoms with van der Waals surface area (Å²) >= 11 is 0. The Hall–Kier alpha value is -0.480. The van der Waals surface area contributed by atoms with Crippen LogP contribution in [-0.2, 0) is 33.1 Å². The summed E-state index contributed by atoms with van der Waals surface area (Å²) in [6, 6.07) is 13.2. The van der Waals surface area contributed by atoms with Gasteiger partial charge in [0.2, 0.25) is 0 Å². The van der Waals surface area contributed by atoms with Crippen LogP contribution in [0.1, 0.15) is 320 Å². The Kier molecular flexibility index (Phi) is 51.3. The van der Waals surface area contributed by atoms with Crippen LogP contribution in [0.3, 0.4) is 0 Å². The molecule has 0 aliphatic carbocycles. The van der Waals surface area contributed by atoms with Crippen LogP contribution in [0.15, 0.2) is 58.3 Å². The fourth-order valence-corrected chi connectivity index (χ4v) is 11.6. The maximum absolute atomic E-state index is 11.3. The summed E-state index contributed by atoms with van der Waals surface area (Å²) in [5, 5.41) is 0. The molecule has 408 valence electrons. The number of benzene rings is 2. The summed E-state index contributed by atoms with van der Waals surface area (Å²) in [4.78, 5) is -0.0856. The van der Waals surface area contributed by atoms with E-state index in [-0.39, 0.29) is 47.5 Å². The van der Waals surface area contributed by atoms with E-state index in [1.54, 1.807) is 24.3 Å². The Morgan fingerprint density at radius 3 is 0.592 bits per heavy atom. The monoisotopic (exact) mass is 1050 g/mol. The molecule has 0 saturated carbocycles. The molecule has 0 heterocycles. The summed E-state index contributed by atoms with van der Waals surface area (Å²) in [6.45, 7) is 4.57. The van der Waals surface area contributed by atoms with Crippen LogP contribution in [0.4, 0.5) is 0 Å². The molecular weight excluding hydrogens is 945 g/mol. The number of aryl methyl sites for hydroxylation is 2. The van der Waals surface area contributed by atoms with Crippen molar-refractivity contribution >= 4 is 58.0 Å². The molecule has 0 aliphatic heterocycles. The van der Waals surface area contributed by atoms with Crippen molar-refractivity contribution < 1.29 is 25.9 Å². The first-order valence-corrected chi connectivity index (χ1v) is 33.0. The Balaban J connectivity index is 0.00000136. The zero-order valence-corrected chi connectivity index (χ0v) is 50.4. The second kappa shape index (κ2) is 51.6.